The van der Waals surface area contributed by atoms with E-state index in [0.29, 0.717) is 23.1 Å². The number of esters is 1. The SMILES string of the molecule is COc1cc2[nH]cc(C(=O)OCC34CCN(CC3)CC4)c2cc1F.Cl. The lowest BCUT2D eigenvalue weighted by atomic mass is 9.73. The zero-order valence-electron chi connectivity index (χ0n) is 14.1. The minimum Gasteiger partial charge on any atom is -0.494 e. The van der Waals surface area contributed by atoms with Gasteiger partial charge in [-0.2, -0.15) is 0 Å². The van der Waals surface area contributed by atoms with E-state index in [9.17, 15) is 9.18 Å². The fraction of sp³-hybridized carbons (Fsp3) is 0.500. The average Bonchev–Trinajstić information content (AvgIpc) is 3.03. The molecule has 1 aromatic heterocycles. The molecule has 2 bridgehead atoms. The van der Waals surface area contributed by atoms with Gasteiger partial charge in [0.1, 0.15) is 0 Å². The number of nitrogens with one attached hydrogen (secondary N) is 1. The van der Waals surface area contributed by atoms with Crippen LogP contribution in [0.15, 0.2) is 18.3 Å². The number of H-pyrrole nitrogens is 1. The Morgan fingerprint density at radius 2 is 1.96 bits per heavy atom. The molecule has 3 saturated heterocycles. The van der Waals surface area contributed by atoms with E-state index in [-0.39, 0.29) is 23.6 Å². The highest BCUT2D eigenvalue weighted by Gasteiger charge is 2.40. The number of rotatable bonds is 4. The van der Waals surface area contributed by atoms with Crippen molar-refractivity contribution in [2.75, 3.05) is 33.4 Å². The van der Waals surface area contributed by atoms with Crippen LogP contribution in [0.4, 0.5) is 4.39 Å². The summed E-state index contributed by atoms with van der Waals surface area (Å²) in [4.78, 5) is 17.9. The first kappa shape index (κ1) is 18.0. The standard InChI is InChI=1S/C18H21FN2O3.ClH/c1-23-16-9-15-12(8-14(16)19)13(10-20-15)17(22)24-11-18-2-5-21(6-3-18)7-4-18;/h8-10,20H,2-7,11H2,1H3;1H. The summed E-state index contributed by atoms with van der Waals surface area (Å²) >= 11 is 0. The minimum atomic E-state index is -0.489. The van der Waals surface area contributed by atoms with E-state index in [1.807, 2.05) is 0 Å². The number of hydrogen-bond donors (Lipinski definition) is 1. The van der Waals surface area contributed by atoms with Crippen LogP contribution in [0.25, 0.3) is 10.9 Å². The number of benzene rings is 1. The van der Waals surface area contributed by atoms with E-state index < -0.39 is 11.8 Å². The maximum Gasteiger partial charge on any atom is 0.340 e. The van der Waals surface area contributed by atoms with Crippen molar-refractivity contribution in [1.82, 2.24) is 9.88 Å². The normalized spacial score (nSPS) is 24.8. The van der Waals surface area contributed by atoms with Gasteiger partial charge in [-0.25, -0.2) is 9.18 Å². The quantitative estimate of drug-likeness (QED) is 0.840. The second kappa shape index (κ2) is 6.84. The number of aromatic nitrogens is 1. The number of ether oxygens (including phenoxy) is 2. The number of piperidine rings is 3. The number of nitrogens with zero attached hydrogens (tertiary/aromatic N) is 1. The Morgan fingerprint density at radius 3 is 2.60 bits per heavy atom. The third-order valence-electron chi connectivity index (χ3n) is 5.56. The summed E-state index contributed by atoms with van der Waals surface area (Å²) in [7, 11) is 1.41. The first-order valence-electron chi connectivity index (χ1n) is 8.34. The molecule has 1 aromatic carbocycles. The van der Waals surface area contributed by atoms with Gasteiger partial charge in [0, 0.05) is 23.1 Å². The van der Waals surface area contributed by atoms with Crippen LogP contribution in [0.5, 0.6) is 5.75 Å². The maximum absolute atomic E-state index is 13.9. The summed E-state index contributed by atoms with van der Waals surface area (Å²) in [5.41, 5.74) is 1.16. The summed E-state index contributed by atoms with van der Waals surface area (Å²) < 4.78 is 24.5. The number of halogens is 2. The molecule has 2 aromatic rings. The van der Waals surface area contributed by atoms with Gasteiger partial charge in [-0.05, 0) is 45.0 Å². The van der Waals surface area contributed by atoms with Gasteiger partial charge in [0.25, 0.3) is 0 Å². The second-order valence-electron chi connectivity index (χ2n) is 6.90. The van der Waals surface area contributed by atoms with E-state index in [2.05, 4.69) is 9.88 Å². The minimum absolute atomic E-state index is 0. The topological polar surface area (TPSA) is 54.6 Å². The molecule has 0 spiro atoms. The van der Waals surface area contributed by atoms with Crippen molar-refractivity contribution in [1.29, 1.82) is 0 Å². The van der Waals surface area contributed by atoms with Crippen LogP contribution >= 0.6 is 12.4 Å². The molecule has 3 fully saturated rings. The third-order valence-corrected chi connectivity index (χ3v) is 5.56. The maximum atomic E-state index is 13.9. The largest absolute Gasteiger partial charge is 0.494 e. The molecule has 0 aliphatic carbocycles. The fourth-order valence-corrected chi connectivity index (χ4v) is 3.86. The molecule has 3 aliphatic heterocycles. The van der Waals surface area contributed by atoms with Gasteiger partial charge in [0.2, 0.25) is 0 Å². The predicted molar refractivity (Wildman–Crippen MR) is 95.1 cm³/mol. The fourth-order valence-electron chi connectivity index (χ4n) is 3.86. The lowest BCUT2D eigenvalue weighted by molar-refractivity contribution is -0.0304. The molecule has 5 nitrogen and oxygen atoms in total. The van der Waals surface area contributed by atoms with Gasteiger partial charge >= 0.3 is 5.97 Å². The zero-order chi connectivity index (χ0) is 16.7. The van der Waals surface area contributed by atoms with Gasteiger partial charge in [-0.3, -0.25) is 0 Å². The van der Waals surface area contributed by atoms with E-state index in [4.69, 9.17) is 9.47 Å². The van der Waals surface area contributed by atoms with Crippen LogP contribution in [-0.2, 0) is 4.74 Å². The Labute approximate surface area is 151 Å². The molecule has 1 N–H and O–H groups in total. The van der Waals surface area contributed by atoms with Gasteiger partial charge in [0.15, 0.2) is 11.6 Å². The van der Waals surface area contributed by atoms with Gasteiger partial charge in [-0.1, -0.05) is 0 Å². The van der Waals surface area contributed by atoms with Gasteiger partial charge in [-0.15, -0.1) is 12.4 Å². The van der Waals surface area contributed by atoms with Crippen LogP contribution in [0.1, 0.15) is 29.6 Å². The zero-order valence-corrected chi connectivity index (χ0v) is 15.0. The predicted octanol–water partition coefficient (Wildman–Crippen LogP) is 3.38. The monoisotopic (exact) mass is 368 g/mol. The third kappa shape index (κ3) is 3.20. The number of carbonyl (C=O) groups is 1. The molecule has 0 amide bonds. The molecular weight excluding hydrogens is 347 g/mol. The van der Waals surface area contributed by atoms with Crippen molar-refractivity contribution in [3.8, 4) is 5.75 Å². The molecule has 7 heteroatoms. The van der Waals surface area contributed by atoms with Gasteiger partial charge in [0.05, 0.1) is 24.8 Å². The summed E-state index contributed by atoms with van der Waals surface area (Å²) in [6.07, 6.45) is 4.83. The molecule has 0 unspecified atom stereocenters. The molecule has 25 heavy (non-hydrogen) atoms. The Hall–Kier alpha value is -1.79. The Morgan fingerprint density at radius 1 is 1.28 bits per heavy atom. The van der Waals surface area contributed by atoms with Crippen molar-refractivity contribution >= 4 is 29.3 Å². The highest BCUT2D eigenvalue weighted by Crippen LogP contribution is 2.40. The van der Waals surface area contributed by atoms with Crippen molar-refractivity contribution in [2.45, 2.75) is 19.3 Å². The van der Waals surface area contributed by atoms with Crippen LogP contribution in [0.2, 0.25) is 0 Å². The molecule has 136 valence electrons. The molecule has 4 heterocycles. The molecule has 5 rings (SSSR count). The van der Waals surface area contributed by atoms with Crippen molar-refractivity contribution < 1.29 is 18.7 Å². The van der Waals surface area contributed by atoms with E-state index in [1.54, 1.807) is 12.3 Å². The molecule has 0 saturated carbocycles. The number of hydrogen-bond acceptors (Lipinski definition) is 4. The summed E-state index contributed by atoms with van der Waals surface area (Å²) in [5, 5.41) is 0.522. The number of methoxy groups -OCH3 is 1. The number of fused-ring (bicyclic) bond motifs is 4. The second-order valence-corrected chi connectivity index (χ2v) is 6.90. The number of carbonyl (C=O) groups excluding carboxylic acids is 1. The highest BCUT2D eigenvalue weighted by atomic mass is 35.5. The van der Waals surface area contributed by atoms with Crippen LogP contribution < -0.4 is 4.74 Å². The Balaban J connectivity index is 0.00000182. The average molecular weight is 369 g/mol. The lowest BCUT2D eigenvalue weighted by Crippen LogP contribution is -2.50. The Bertz CT molecular complexity index is 770. The van der Waals surface area contributed by atoms with Crippen molar-refractivity contribution in [3.63, 3.8) is 0 Å². The summed E-state index contributed by atoms with van der Waals surface area (Å²) in [6, 6.07) is 2.87. The highest BCUT2D eigenvalue weighted by molar-refractivity contribution is 6.04. The summed E-state index contributed by atoms with van der Waals surface area (Å²) in [5.74, 6) is -0.734. The first-order chi connectivity index (χ1) is 11.6. The van der Waals surface area contributed by atoms with E-state index in [0.717, 1.165) is 38.9 Å². The molecule has 3 aliphatic rings. The lowest BCUT2D eigenvalue weighted by Gasteiger charge is -2.47. The van der Waals surface area contributed by atoms with E-state index >= 15 is 0 Å². The van der Waals surface area contributed by atoms with Crippen molar-refractivity contribution in [2.24, 2.45) is 5.41 Å². The van der Waals surface area contributed by atoms with Crippen LogP contribution in [0.3, 0.4) is 0 Å². The molecule has 0 radical (unpaired) electrons. The number of aromatic amines is 1. The van der Waals surface area contributed by atoms with Crippen LogP contribution in [0, 0.1) is 11.2 Å². The molecule has 0 atom stereocenters. The summed E-state index contributed by atoms with van der Waals surface area (Å²) in [6.45, 7) is 3.73. The molecular formula is C18H22ClFN2O3. The first-order valence-corrected chi connectivity index (χ1v) is 8.34. The van der Waals surface area contributed by atoms with Crippen molar-refractivity contribution in [3.05, 3.63) is 29.7 Å². The van der Waals surface area contributed by atoms with Gasteiger partial charge < -0.3 is 19.4 Å². The van der Waals surface area contributed by atoms with Crippen LogP contribution in [-0.4, -0.2) is 49.2 Å². The van der Waals surface area contributed by atoms with E-state index in [1.165, 1.54) is 13.2 Å². The Kier molecular flexibility index (Phi) is 4.93. The smallest absolute Gasteiger partial charge is 0.340 e.